The molecule has 3 atom stereocenters. The molecule has 0 heterocycles. The van der Waals surface area contributed by atoms with Crippen LogP contribution < -0.4 is 10.1 Å². The van der Waals surface area contributed by atoms with E-state index in [1.165, 1.54) is 31.2 Å². The first kappa shape index (κ1) is 14.4. The SMILES string of the molecule is CCCNC(c1cccc(OC)c1)C1CCCC1C. The summed E-state index contributed by atoms with van der Waals surface area (Å²) in [4.78, 5) is 0. The molecule has 0 aliphatic heterocycles. The number of hydrogen-bond donors (Lipinski definition) is 1. The number of nitrogens with one attached hydrogen (secondary N) is 1. The molecule has 1 N–H and O–H groups in total. The predicted octanol–water partition coefficient (Wildman–Crippen LogP) is 4.17. The van der Waals surface area contributed by atoms with Crippen LogP contribution in [0.3, 0.4) is 0 Å². The Morgan fingerprint density at radius 3 is 2.84 bits per heavy atom. The molecule has 0 radical (unpaired) electrons. The number of benzene rings is 1. The number of ether oxygens (including phenoxy) is 1. The van der Waals surface area contributed by atoms with Crippen molar-refractivity contribution in [1.82, 2.24) is 5.32 Å². The van der Waals surface area contributed by atoms with Gasteiger partial charge in [-0.3, -0.25) is 0 Å². The minimum atomic E-state index is 0.479. The van der Waals surface area contributed by atoms with Gasteiger partial charge in [0.2, 0.25) is 0 Å². The van der Waals surface area contributed by atoms with Crippen LogP contribution in [0.1, 0.15) is 51.1 Å². The summed E-state index contributed by atoms with van der Waals surface area (Å²) in [5.41, 5.74) is 1.38. The van der Waals surface area contributed by atoms with E-state index in [2.05, 4.69) is 37.4 Å². The molecule has 1 aliphatic rings. The van der Waals surface area contributed by atoms with Crippen LogP contribution >= 0.6 is 0 Å². The number of methoxy groups -OCH3 is 1. The third-order valence-corrected chi connectivity index (χ3v) is 4.42. The molecule has 0 aromatic heterocycles. The molecule has 2 heteroatoms. The highest BCUT2D eigenvalue weighted by Crippen LogP contribution is 2.40. The van der Waals surface area contributed by atoms with Gasteiger partial charge >= 0.3 is 0 Å². The Kier molecular flexibility index (Phi) is 5.26. The van der Waals surface area contributed by atoms with Crippen molar-refractivity contribution in [2.75, 3.05) is 13.7 Å². The highest BCUT2D eigenvalue weighted by atomic mass is 16.5. The van der Waals surface area contributed by atoms with E-state index in [4.69, 9.17) is 4.74 Å². The average molecular weight is 261 g/mol. The van der Waals surface area contributed by atoms with Gasteiger partial charge in [0.25, 0.3) is 0 Å². The number of hydrogen-bond acceptors (Lipinski definition) is 2. The molecule has 19 heavy (non-hydrogen) atoms. The molecule has 1 aliphatic carbocycles. The van der Waals surface area contributed by atoms with Gasteiger partial charge in [-0.2, -0.15) is 0 Å². The van der Waals surface area contributed by atoms with Crippen molar-refractivity contribution in [3.8, 4) is 5.75 Å². The molecule has 2 rings (SSSR count). The lowest BCUT2D eigenvalue weighted by atomic mass is 9.85. The molecule has 0 spiro atoms. The van der Waals surface area contributed by atoms with E-state index in [0.717, 1.165) is 24.1 Å². The summed E-state index contributed by atoms with van der Waals surface area (Å²) in [6, 6.07) is 9.04. The first-order valence-corrected chi connectivity index (χ1v) is 7.63. The summed E-state index contributed by atoms with van der Waals surface area (Å²) in [7, 11) is 1.74. The van der Waals surface area contributed by atoms with E-state index < -0.39 is 0 Å². The maximum atomic E-state index is 5.37. The van der Waals surface area contributed by atoms with Crippen LogP contribution in [0.15, 0.2) is 24.3 Å². The van der Waals surface area contributed by atoms with Crippen molar-refractivity contribution in [2.24, 2.45) is 11.8 Å². The van der Waals surface area contributed by atoms with E-state index >= 15 is 0 Å². The van der Waals surface area contributed by atoms with Crippen molar-refractivity contribution in [3.63, 3.8) is 0 Å². The molecule has 1 aromatic rings. The third-order valence-electron chi connectivity index (χ3n) is 4.42. The molecule has 1 fully saturated rings. The van der Waals surface area contributed by atoms with E-state index in [-0.39, 0.29) is 0 Å². The van der Waals surface area contributed by atoms with Gasteiger partial charge in [-0.1, -0.05) is 38.8 Å². The van der Waals surface area contributed by atoms with E-state index in [1.807, 2.05) is 6.07 Å². The van der Waals surface area contributed by atoms with Gasteiger partial charge in [-0.05, 0) is 48.9 Å². The minimum absolute atomic E-state index is 0.479. The predicted molar refractivity (Wildman–Crippen MR) is 80.5 cm³/mol. The maximum absolute atomic E-state index is 5.37. The zero-order valence-corrected chi connectivity index (χ0v) is 12.5. The second-order valence-electron chi connectivity index (χ2n) is 5.78. The lowest BCUT2D eigenvalue weighted by molar-refractivity contribution is 0.301. The highest BCUT2D eigenvalue weighted by molar-refractivity contribution is 5.31. The highest BCUT2D eigenvalue weighted by Gasteiger charge is 2.31. The smallest absolute Gasteiger partial charge is 0.119 e. The Balaban J connectivity index is 2.20. The lowest BCUT2D eigenvalue weighted by Gasteiger charge is -2.28. The summed E-state index contributed by atoms with van der Waals surface area (Å²) >= 11 is 0. The van der Waals surface area contributed by atoms with Crippen LogP contribution in [0.5, 0.6) is 5.75 Å². The van der Waals surface area contributed by atoms with Gasteiger partial charge in [0.05, 0.1) is 7.11 Å². The lowest BCUT2D eigenvalue weighted by Crippen LogP contribution is -2.30. The van der Waals surface area contributed by atoms with Crippen LogP contribution in [0.4, 0.5) is 0 Å². The fourth-order valence-electron chi connectivity index (χ4n) is 3.32. The first-order chi connectivity index (χ1) is 9.26. The Bertz CT molecular complexity index is 391. The van der Waals surface area contributed by atoms with Crippen molar-refractivity contribution in [1.29, 1.82) is 0 Å². The van der Waals surface area contributed by atoms with Gasteiger partial charge in [-0.25, -0.2) is 0 Å². The largest absolute Gasteiger partial charge is 0.497 e. The van der Waals surface area contributed by atoms with E-state index in [9.17, 15) is 0 Å². The molecule has 106 valence electrons. The minimum Gasteiger partial charge on any atom is -0.497 e. The maximum Gasteiger partial charge on any atom is 0.119 e. The van der Waals surface area contributed by atoms with E-state index in [1.54, 1.807) is 7.11 Å². The Morgan fingerprint density at radius 1 is 1.37 bits per heavy atom. The molecule has 0 saturated heterocycles. The summed E-state index contributed by atoms with van der Waals surface area (Å²) in [6.45, 7) is 5.72. The molecule has 1 saturated carbocycles. The average Bonchev–Trinajstić information content (AvgIpc) is 2.86. The molecule has 1 aromatic carbocycles. The van der Waals surface area contributed by atoms with Gasteiger partial charge in [0, 0.05) is 6.04 Å². The van der Waals surface area contributed by atoms with Gasteiger partial charge in [0.1, 0.15) is 5.75 Å². The summed E-state index contributed by atoms with van der Waals surface area (Å²) in [5, 5.41) is 3.75. The Hall–Kier alpha value is -1.02. The molecule has 3 unspecified atom stereocenters. The fraction of sp³-hybridized carbons (Fsp3) is 0.647. The van der Waals surface area contributed by atoms with Crippen LogP contribution in [0.2, 0.25) is 0 Å². The van der Waals surface area contributed by atoms with Crippen LogP contribution in [0.25, 0.3) is 0 Å². The standard InChI is InChI=1S/C17H27NO/c1-4-11-18-17(16-10-5-7-13(16)2)14-8-6-9-15(12-14)19-3/h6,8-9,12-13,16-18H,4-5,7,10-11H2,1-3H3. The molecular formula is C17H27NO. The van der Waals surface area contributed by atoms with Crippen LogP contribution in [-0.4, -0.2) is 13.7 Å². The Morgan fingerprint density at radius 2 is 2.21 bits per heavy atom. The van der Waals surface area contributed by atoms with Crippen molar-refractivity contribution < 1.29 is 4.74 Å². The third kappa shape index (κ3) is 3.50. The second-order valence-corrected chi connectivity index (χ2v) is 5.78. The van der Waals surface area contributed by atoms with Crippen LogP contribution in [-0.2, 0) is 0 Å². The second kappa shape index (κ2) is 6.95. The van der Waals surface area contributed by atoms with Gasteiger partial charge < -0.3 is 10.1 Å². The van der Waals surface area contributed by atoms with Crippen molar-refractivity contribution >= 4 is 0 Å². The van der Waals surface area contributed by atoms with E-state index in [0.29, 0.717) is 6.04 Å². The molecule has 2 nitrogen and oxygen atoms in total. The topological polar surface area (TPSA) is 21.3 Å². The monoisotopic (exact) mass is 261 g/mol. The summed E-state index contributed by atoms with van der Waals surface area (Å²) in [5.74, 6) is 2.55. The zero-order valence-electron chi connectivity index (χ0n) is 12.5. The molecular weight excluding hydrogens is 234 g/mol. The quantitative estimate of drug-likeness (QED) is 0.829. The zero-order chi connectivity index (χ0) is 13.7. The Labute approximate surface area is 117 Å². The summed E-state index contributed by atoms with van der Waals surface area (Å²) < 4.78 is 5.37. The number of rotatable bonds is 6. The van der Waals surface area contributed by atoms with Crippen molar-refractivity contribution in [2.45, 2.75) is 45.6 Å². The molecule has 0 bridgehead atoms. The normalized spacial score (nSPS) is 24.4. The van der Waals surface area contributed by atoms with Crippen molar-refractivity contribution in [3.05, 3.63) is 29.8 Å². The molecule has 0 amide bonds. The first-order valence-electron chi connectivity index (χ1n) is 7.63. The van der Waals surface area contributed by atoms with Gasteiger partial charge in [0.15, 0.2) is 0 Å². The van der Waals surface area contributed by atoms with Crippen LogP contribution in [0, 0.1) is 11.8 Å². The van der Waals surface area contributed by atoms with Gasteiger partial charge in [-0.15, -0.1) is 0 Å². The fourth-order valence-corrected chi connectivity index (χ4v) is 3.32. The summed E-state index contributed by atoms with van der Waals surface area (Å²) in [6.07, 6.45) is 5.28.